The van der Waals surface area contributed by atoms with Gasteiger partial charge in [-0.3, -0.25) is 4.90 Å². The number of rotatable bonds is 2. The Morgan fingerprint density at radius 1 is 1.33 bits per heavy atom. The van der Waals surface area contributed by atoms with E-state index in [0.29, 0.717) is 18.8 Å². The molecule has 2 rings (SSSR count). The van der Waals surface area contributed by atoms with E-state index >= 15 is 0 Å². The van der Waals surface area contributed by atoms with E-state index in [1.807, 2.05) is 0 Å². The van der Waals surface area contributed by atoms with Crippen LogP contribution >= 0.6 is 0 Å². The summed E-state index contributed by atoms with van der Waals surface area (Å²) < 4.78 is 5.62. The number of ether oxygens (including phenoxy) is 1. The van der Waals surface area contributed by atoms with Crippen molar-refractivity contribution in [2.45, 2.75) is 25.5 Å². The average Bonchev–Trinajstić information content (AvgIpc) is 2.04. The van der Waals surface area contributed by atoms with Crippen molar-refractivity contribution in [1.82, 2.24) is 4.90 Å². The summed E-state index contributed by atoms with van der Waals surface area (Å²) in [7, 11) is 0. The fourth-order valence-electron chi connectivity index (χ4n) is 1.97. The van der Waals surface area contributed by atoms with Crippen LogP contribution in [-0.4, -0.2) is 42.5 Å². The minimum Gasteiger partial charge on any atom is -0.396 e. The molecule has 1 N–H and O–H groups in total. The molecule has 2 aliphatic rings. The van der Waals surface area contributed by atoms with Crippen LogP contribution in [0.5, 0.6) is 0 Å². The highest BCUT2D eigenvalue weighted by molar-refractivity contribution is 4.82. The van der Waals surface area contributed by atoms with Gasteiger partial charge in [-0.2, -0.15) is 0 Å². The van der Waals surface area contributed by atoms with E-state index in [1.54, 1.807) is 0 Å². The lowest BCUT2D eigenvalue weighted by molar-refractivity contribution is -0.132. The molecule has 2 saturated heterocycles. The number of aliphatic hydroxyl groups is 1. The van der Waals surface area contributed by atoms with Gasteiger partial charge in [-0.05, 0) is 19.3 Å². The van der Waals surface area contributed by atoms with Crippen molar-refractivity contribution in [3.63, 3.8) is 0 Å². The number of likely N-dealkylation sites (tertiary alicyclic amines) is 1. The first-order chi connectivity index (χ1) is 5.90. The van der Waals surface area contributed by atoms with Gasteiger partial charge in [0.2, 0.25) is 0 Å². The Bertz CT molecular complexity index is 139. The zero-order chi connectivity index (χ0) is 8.39. The summed E-state index contributed by atoms with van der Waals surface area (Å²) in [6.07, 6.45) is 4.05. The highest BCUT2D eigenvalue weighted by Crippen LogP contribution is 2.24. The Labute approximate surface area is 73.3 Å². The van der Waals surface area contributed by atoms with E-state index in [0.717, 1.165) is 19.7 Å². The largest absolute Gasteiger partial charge is 0.396 e. The summed E-state index contributed by atoms with van der Waals surface area (Å²) in [5.41, 5.74) is 0. The molecule has 2 fully saturated rings. The number of nitrogens with zero attached hydrogens (tertiary/aromatic N) is 1. The molecule has 1 unspecified atom stereocenters. The second kappa shape index (κ2) is 3.73. The maximum atomic E-state index is 8.83. The van der Waals surface area contributed by atoms with E-state index in [2.05, 4.69) is 4.90 Å². The molecule has 0 amide bonds. The van der Waals surface area contributed by atoms with Gasteiger partial charge in [-0.25, -0.2) is 0 Å². The van der Waals surface area contributed by atoms with Gasteiger partial charge in [0.1, 0.15) is 6.23 Å². The lowest BCUT2D eigenvalue weighted by Crippen LogP contribution is -2.54. The zero-order valence-corrected chi connectivity index (χ0v) is 7.41. The normalized spacial score (nSPS) is 33.2. The predicted octanol–water partition coefficient (Wildman–Crippen LogP) is 0.437. The van der Waals surface area contributed by atoms with Crippen LogP contribution in [0.2, 0.25) is 0 Å². The molecule has 0 spiro atoms. The van der Waals surface area contributed by atoms with Gasteiger partial charge in [0.25, 0.3) is 0 Å². The molecule has 1 atom stereocenters. The molecule has 3 nitrogen and oxygen atoms in total. The van der Waals surface area contributed by atoms with Gasteiger partial charge in [0.15, 0.2) is 0 Å². The molecule has 3 heteroatoms. The van der Waals surface area contributed by atoms with E-state index in [1.165, 1.54) is 19.3 Å². The number of hydrogen-bond donors (Lipinski definition) is 1. The first-order valence-corrected chi connectivity index (χ1v) is 4.86. The first kappa shape index (κ1) is 8.48. The van der Waals surface area contributed by atoms with E-state index in [9.17, 15) is 0 Å². The minimum absolute atomic E-state index is 0.337. The highest BCUT2D eigenvalue weighted by Gasteiger charge is 2.32. The van der Waals surface area contributed by atoms with Gasteiger partial charge in [0.05, 0.1) is 0 Å². The van der Waals surface area contributed by atoms with Gasteiger partial charge in [0, 0.05) is 32.2 Å². The fraction of sp³-hybridized carbons (Fsp3) is 1.00. The van der Waals surface area contributed by atoms with Crippen molar-refractivity contribution in [3.8, 4) is 0 Å². The third-order valence-electron chi connectivity index (χ3n) is 2.81. The van der Waals surface area contributed by atoms with E-state index < -0.39 is 0 Å². The van der Waals surface area contributed by atoms with Crippen LogP contribution in [0.25, 0.3) is 0 Å². The molecule has 0 radical (unpaired) electrons. The average molecular weight is 171 g/mol. The molecular weight excluding hydrogens is 154 g/mol. The third kappa shape index (κ3) is 1.63. The van der Waals surface area contributed by atoms with Crippen molar-refractivity contribution in [2.75, 3.05) is 26.3 Å². The second-order valence-electron chi connectivity index (χ2n) is 3.82. The minimum atomic E-state index is 0.337. The van der Waals surface area contributed by atoms with Crippen LogP contribution in [0.1, 0.15) is 19.3 Å². The third-order valence-corrected chi connectivity index (χ3v) is 2.81. The van der Waals surface area contributed by atoms with Crippen molar-refractivity contribution in [1.29, 1.82) is 0 Å². The Hall–Kier alpha value is -0.120. The summed E-state index contributed by atoms with van der Waals surface area (Å²) in [5, 5.41) is 8.83. The molecule has 12 heavy (non-hydrogen) atoms. The van der Waals surface area contributed by atoms with Crippen LogP contribution in [0, 0.1) is 5.92 Å². The first-order valence-electron chi connectivity index (χ1n) is 4.86. The highest BCUT2D eigenvalue weighted by atomic mass is 16.5. The Morgan fingerprint density at radius 2 is 2.17 bits per heavy atom. The molecule has 2 aliphatic heterocycles. The van der Waals surface area contributed by atoms with Crippen molar-refractivity contribution in [2.24, 2.45) is 5.92 Å². The summed E-state index contributed by atoms with van der Waals surface area (Å²) in [6, 6.07) is 0. The summed E-state index contributed by atoms with van der Waals surface area (Å²) in [4.78, 5) is 2.33. The summed E-state index contributed by atoms with van der Waals surface area (Å²) in [6.45, 7) is 3.32. The Morgan fingerprint density at radius 3 is 2.75 bits per heavy atom. The molecule has 0 bridgehead atoms. The van der Waals surface area contributed by atoms with Crippen LogP contribution in [-0.2, 0) is 4.74 Å². The molecule has 0 saturated carbocycles. The Kier molecular flexibility index (Phi) is 2.63. The standard InChI is InChI=1S/C9H17NO2/c11-7-8-5-10(6-8)9-3-1-2-4-12-9/h8-9,11H,1-7H2. The van der Waals surface area contributed by atoms with Gasteiger partial charge in [-0.1, -0.05) is 0 Å². The van der Waals surface area contributed by atoms with E-state index in [4.69, 9.17) is 9.84 Å². The number of aliphatic hydroxyl groups excluding tert-OH is 1. The lowest BCUT2D eigenvalue weighted by Gasteiger charge is -2.44. The molecule has 0 aromatic carbocycles. The lowest BCUT2D eigenvalue weighted by atomic mass is 9.99. The van der Waals surface area contributed by atoms with Crippen molar-refractivity contribution < 1.29 is 9.84 Å². The Balaban J connectivity index is 1.72. The van der Waals surface area contributed by atoms with E-state index in [-0.39, 0.29) is 0 Å². The van der Waals surface area contributed by atoms with Crippen LogP contribution < -0.4 is 0 Å². The quantitative estimate of drug-likeness (QED) is 0.654. The number of hydrogen-bond acceptors (Lipinski definition) is 3. The maximum Gasteiger partial charge on any atom is 0.110 e. The predicted molar refractivity (Wildman–Crippen MR) is 45.7 cm³/mol. The fourth-order valence-corrected chi connectivity index (χ4v) is 1.97. The molecule has 0 aromatic rings. The van der Waals surface area contributed by atoms with Crippen molar-refractivity contribution in [3.05, 3.63) is 0 Å². The molecule has 0 aliphatic carbocycles. The van der Waals surface area contributed by atoms with Crippen LogP contribution in [0.4, 0.5) is 0 Å². The molecule has 2 heterocycles. The smallest absolute Gasteiger partial charge is 0.110 e. The van der Waals surface area contributed by atoms with Crippen molar-refractivity contribution >= 4 is 0 Å². The van der Waals surface area contributed by atoms with Gasteiger partial charge >= 0.3 is 0 Å². The molecule has 0 aromatic heterocycles. The maximum absolute atomic E-state index is 8.83. The van der Waals surface area contributed by atoms with Gasteiger partial charge in [-0.15, -0.1) is 0 Å². The summed E-state index contributed by atoms with van der Waals surface area (Å²) in [5.74, 6) is 0.510. The van der Waals surface area contributed by atoms with Gasteiger partial charge < -0.3 is 9.84 Å². The summed E-state index contributed by atoms with van der Waals surface area (Å²) >= 11 is 0. The second-order valence-corrected chi connectivity index (χ2v) is 3.82. The molecular formula is C9H17NO2. The zero-order valence-electron chi connectivity index (χ0n) is 7.41. The van der Waals surface area contributed by atoms with Crippen LogP contribution in [0.15, 0.2) is 0 Å². The van der Waals surface area contributed by atoms with Crippen LogP contribution in [0.3, 0.4) is 0 Å². The molecule has 70 valence electrons. The monoisotopic (exact) mass is 171 g/mol. The topological polar surface area (TPSA) is 32.7 Å². The SMILES string of the molecule is OCC1CN(C2CCCCO2)C1.